The quantitative estimate of drug-likeness (QED) is 0.687. The summed E-state index contributed by atoms with van der Waals surface area (Å²) in [6, 6.07) is 15.1. The van der Waals surface area contributed by atoms with Crippen LogP contribution in [-0.4, -0.2) is 20.5 Å². The van der Waals surface area contributed by atoms with Gasteiger partial charge in [-0.2, -0.15) is 0 Å². The molecule has 26 heavy (non-hydrogen) atoms. The Morgan fingerprint density at radius 2 is 1.58 bits per heavy atom. The molecule has 0 fully saturated rings. The molecular formula is C18H16FN3O3S. The van der Waals surface area contributed by atoms with Crippen LogP contribution in [0.5, 0.6) is 5.75 Å². The van der Waals surface area contributed by atoms with E-state index in [-0.39, 0.29) is 4.90 Å². The number of ether oxygens (including phenoxy) is 1. The van der Waals surface area contributed by atoms with Crippen molar-refractivity contribution < 1.29 is 17.5 Å². The van der Waals surface area contributed by atoms with E-state index in [1.54, 1.807) is 19.2 Å². The van der Waals surface area contributed by atoms with Crippen molar-refractivity contribution in [1.29, 1.82) is 0 Å². The number of pyridine rings is 1. The highest BCUT2D eigenvalue weighted by Crippen LogP contribution is 2.21. The fourth-order valence-electron chi connectivity index (χ4n) is 2.18. The minimum Gasteiger partial charge on any atom is -0.497 e. The minimum atomic E-state index is -3.80. The summed E-state index contributed by atoms with van der Waals surface area (Å²) in [6.07, 6.45) is 1.40. The summed E-state index contributed by atoms with van der Waals surface area (Å²) in [5.41, 5.74) is 1.12. The molecule has 3 aromatic rings. The molecule has 1 aromatic heterocycles. The topological polar surface area (TPSA) is 80.3 Å². The number of benzene rings is 2. The normalized spacial score (nSPS) is 11.0. The Kier molecular flexibility index (Phi) is 5.04. The smallest absolute Gasteiger partial charge is 0.261 e. The molecule has 6 nitrogen and oxygen atoms in total. The third kappa shape index (κ3) is 4.28. The van der Waals surface area contributed by atoms with Crippen molar-refractivity contribution in [2.45, 2.75) is 4.90 Å². The van der Waals surface area contributed by atoms with Crippen molar-refractivity contribution in [2.24, 2.45) is 0 Å². The van der Waals surface area contributed by atoms with Gasteiger partial charge in [-0.25, -0.2) is 17.8 Å². The van der Waals surface area contributed by atoms with Gasteiger partial charge in [-0.1, -0.05) is 0 Å². The molecule has 0 unspecified atom stereocenters. The first-order valence-corrected chi connectivity index (χ1v) is 9.10. The molecule has 0 saturated heterocycles. The molecule has 0 atom stereocenters. The van der Waals surface area contributed by atoms with E-state index in [1.165, 1.54) is 18.3 Å². The van der Waals surface area contributed by atoms with Gasteiger partial charge in [0.25, 0.3) is 10.0 Å². The Balaban J connectivity index is 1.69. The molecule has 3 rings (SSSR count). The molecule has 2 N–H and O–H groups in total. The lowest BCUT2D eigenvalue weighted by Gasteiger charge is -2.10. The molecule has 134 valence electrons. The average Bonchev–Trinajstić information content (AvgIpc) is 2.64. The number of methoxy groups -OCH3 is 1. The Morgan fingerprint density at radius 3 is 2.15 bits per heavy atom. The molecule has 1 heterocycles. The second-order valence-corrected chi connectivity index (χ2v) is 7.03. The van der Waals surface area contributed by atoms with Gasteiger partial charge < -0.3 is 10.1 Å². The van der Waals surface area contributed by atoms with Crippen LogP contribution in [0.25, 0.3) is 0 Å². The fourth-order valence-corrected chi connectivity index (χ4v) is 3.22. The predicted octanol–water partition coefficient (Wildman–Crippen LogP) is 3.77. The molecule has 8 heteroatoms. The van der Waals surface area contributed by atoms with Crippen molar-refractivity contribution in [3.05, 3.63) is 72.7 Å². The monoisotopic (exact) mass is 373 g/mol. The number of sulfonamides is 1. The fraction of sp³-hybridized carbons (Fsp3) is 0.0556. The summed E-state index contributed by atoms with van der Waals surface area (Å²) < 4.78 is 44.9. The highest BCUT2D eigenvalue weighted by Gasteiger charge is 2.14. The van der Waals surface area contributed by atoms with E-state index in [4.69, 9.17) is 4.74 Å². The lowest BCUT2D eigenvalue weighted by molar-refractivity contribution is 0.415. The van der Waals surface area contributed by atoms with Crippen LogP contribution in [0.4, 0.5) is 21.6 Å². The van der Waals surface area contributed by atoms with Crippen LogP contribution in [0.3, 0.4) is 0 Å². The summed E-state index contributed by atoms with van der Waals surface area (Å²) in [6.45, 7) is 0. The first kappa shape index (κ1) is 17.7. The van der Waals surface area contributed by atoms with Crippen LogP contribution >= 0.6 is 0 Å². The van der Waals surface area contributed by atoms with Crippen molar-refractivity contribution >= 4 is 27.2 Å². The zero-order chi connectivity index (χ0) is 18.6. The van der Waals surface area contributed by atoms with Gasteiger partial charge in [0.2, 0.25) is 0 Å². The van der Waals surface area contributed by atoms with Crippen molar-refractivity contribution in [3.63, 3.8) is 0 Å². The lowest BCUT2D eigenvalue weighted by atomic mass is 10.3. The molecule has 2 aromatic carbocycles. The Labute approximate surface area is 150 Å². The zero-order valence-electron chi connectivity index (χ0n) is 13.8. The Morgan fingerprint density at radius 1 is 0.923 bits per heavy atom. The van der Waals surface area contributed by atoms with Gasteiger partial charge in [0.1, 0.15) is 17.4 Å². The SMILES string of the molecule is COc1ccc(Nc2ccc(NS(=O)(=O)c3ccc(F)cc3)cn2)cc1. The largest absolute Gasteiger partial charge is 0.497 e. The maximum Gasteiger partial charge on any atom is 0.261 e. The zero-order valence-corrected chi connectivity index (χ0v) is 14.6. The van der Waals surface area contributed by atoms with E-state index in [9.17, 15) is 12.8 Å². The van der Waals surface area contributed by atoms with Gasteiger partial charge in [0.15, 0.2) is 0 Å². The summed E-state index contributed by atoms with van der Waals surface area (Å²) in [4.78, 5) is 4.15. The van der Waals surface area contributed by atoms with Crippen molar-refractivity contribution in [3.8, 4) is 5.75 Å². The number of aromatic nitrogens is 1. The third-order valence-corrected chi connectivity index (χ3v) is 4.90. The van der Waals surface area contributed by atoms with E-state index in [1.807, 2.05) is 24.3 Å². The summed E-state index contributed by atoms with van der Waals surface area (Å²) >= 11 is 0. The molecule has 0 aliphatic carbocycles. The maximum absolute atomic E-state index is 12.9. The van der Waals surface area contributed by atoms with Crippen LogP contribution in [0.15, 0.2) is 71.8 Å². The van der Waals surface area contributed by atoms with Crippen LogP contribution in [0.1, 0.15) is 0 Å². The number of nitrogens with zero attached hydrogens (tertiary/aromatic N) is 1. The van der Waals surface area contributed by atoms with Crippen molar-refractivity contribution in [1.82, 2.24) is 4.98 Å². The number of anilines is 3. The molecule has 0 aliphatic rings. The highest BCUT2D eigenvalue weighted by molar-refractivity contribution is 7.92. The summed E-state index contributed by atoms with van der Waals surface area (Å²) in [5.74, 6) is 0.800. The summed E-state index contributed by atoms with van der Waals surface area (Å²) in [7, 11) is -2.21. The predicted molar refractivity (Wildman–Crippen MR) is 97.7 cm³/mol. The van der Waals surface area contributed by atoms with Crippen LogP contribution in [0.2, 0.25) is 0 Å². The first-order chi connectivity index (χ1) is 12.5. The van der Waals surface area contributed by atoms with Gasteiger partial charge >= 0.3 is 0 Å². The Bertz CT molecular complexity index is 974. The maximum atomic E-state index is 12.9. The van der Waals surface area contributed by atoms with Gasteiger partial charge in [0.05, 0.1) is 23.9 Å². The number of rotatable bonds is 6. The Hall–Kier alpha value is -3.13. The van der Waals surface area contributed by atoms with Gasteiger partial charge in [0, 0.05) is 5.69 Å². The van der Waals surface area contributed by atoms with E-state index in [0.29, 0.717) is 11.5 Å². The van der Waals surface area contributed by atoms with E-state index in [2.05, 4.69) is 15.0 Å². The molecule has 0 saturated carbocycles. The minimum absolute atomic E-state index is 0.0284. The third-order valence-electron chi connectivity index (χ3n) is 3.50. The molecule has 0 spiro atoms. The van der Waals surface area contributed by atoms with Gasteiger partial charge in [-0.05, 0) is 60.7 Å². The van der Waals surface area contributed by atoms with Crippen LogP contribution < -0.4 is 14.8 Å². The van der Waals surface area contributed by atoms with Crippen LogP contribution in [-0.2, 0) is 10.0 Å². The number of nitrogens with one attached hydrogen (secondary N) is 2. The second-order valence-electron chi connectivity index (χ2n) is 5.35. The van der Waals surface area contributed by atoms with Crippen molar-refractivity contribution in [2.75, 3.05) is 17.1 Å². The first-order valence-electron chi connectivity index (χ1n) is 7.62. The molecule has 0 amide bonds. The van der Waals surface area contributed by atoms with Gasteiger partial charge in [-0.15, -0.1) is 0 Å². The molecule has 0 radical (unpaired) electrons. The summed E-state index contributed by atoms with van der Waals surface area (Å²) in [5, 5.41) is 3.10. The van der Waals surface area contributed by atoms with E-state index in [0.717, 1.165) is 23.6 Å². The molecular weight excluding hydrogens is 357 g/mol. The standard InChI is InChI=1S/C18H16FN3O3S/c1-25-16-7-4-14(5-8-16)21-18-11-6-15(12-20-18)22-26(23,24)17-9-2-13(19)3-10-17/h2-12,22H,1H3,(H,20,21). The number of hydrogen-bond acceptors (Lipinski definition) is 5. The highest BCUT2D eigenvalue weighted by atomic mass is 32.2. The van der Waals surface area contributed by atoms with E-state index < -0.39 is 15.8 Å². The second kappa shape index (κ2) is 7.40. The molecule has 0 aliphatic heterocycles. The van der Waals surface area contributed by atoms with E-state index >= 15 is 0 Å². The molecule has 0 bridgehead atoms. The number of halogens is 1. The van der Waals surface area contributed by atoms with Gasteiger partial charge in [-0.3, -0.25) is 4.72 Å². The van der Waals surface area contributed by atoms with Crippen LogP contribution in [0, 0.1) is 5.82 Å². The lowest BCUT2D eigenvalue weighted by Crippen LogP contribution is -2.13. The average molecular weight is 373 g/mol. The number of hydrogen-bond donors (Lipinski definition) is 2.